The lowest BCUT2D eigenvalue weighted by Crippen LogP contribution is -2.08. The maximum atomic E-state index is 10.7. The van der Waals surface area contributed by atoms with E-state index < -0.39 is 5.97 Å². The molecule has 1 aliphatic carbocycles. The second kappa shape index (κ2) is 4.91. The molecular formula is C12H19N3O2S. The number of carboxylic acids is 1. The first-order chi connectivity index (χ1) is 8.45. The number of nitrogens with zero attached hydrogens (tertiary/aromatic N) is 3. The monoisotopic (exact) mass is 269 g/mol. The van der Waals surface area contributed by atoms with Crippen LogP contribution in [0.4, 0.5) is 0 Å². The van der Waals surface area contributed by atoms with E-state index >= 15 is 0 Å². The molecule has 1 aliphatic rings. The van der Waals surface area contributed by atoms with Gasteiger partial charge in [0.05, 0.1) is 5.75 Å². The maximum Gasteiger partial charge on any atom is 0.313 e. The van der Waals surface area contributed by atoms with Crippen molar-refractivity contribution in [3.8, 4) is 0 Å². The van der Waals surface area contributed by atoms with Gasteiger partial charge in [-0.15, -0.1) is 10.2 Å². The van der Waals surface area contributed by atoms with Crippen LogP contribution in [0.15, 0.2) is 5.16 Å². The van der Waals surface area contributed by atoms with Gasteiger partial charge in [0.1, 0.15) is 5.82 Å². The highest BCUT2D eigenvalue weighted by atomic mass is 32.2. The quantitative estimate of drug-likeness (QED) is 0.803. The van der Waals surface area contributed by atoms with Crippen molar-refractivity contribution < 1.29 is 9.90 Å². The van der Waals surface area contributed by atoms with E-state index in [4.69, 9.17) is 5.11 Å². The van der Waals surface area contributed by atoms with E-state index in [2.05, 4.69) is 35.5 Å². The largest absolute Gasteiger partial charge is 0.481 e. The smallest absolute Gasteiger partial charge is 0.313 e. The molecule has 18 heavy (non-hydrogen) atoms. The number of hydrogen-bond acceptors (Lipinski definition) is 4. The summed E-state index contributed by atoms with van der Waals surface area (Å²) in [5, 5.41) is 17.9. The second-order valence-electron chi connectivity index (χ2n) is 5.41. The van der Waals surface area contributed by atoms with Crippen molar-refractivity contribution in [1.82, 2.24) is 14.8 Å². The van der Waals surface area contributed by atoms with Gasteiger partial charge in [0.2, 0.25) is 0 Å². The summed E-state index contributed by atoms with van der Waals surface area (Å²) in [6.45, 7) is 6.55. The SMILES string of the molecule is CCCc1nnc(SCC(=O)O)n1C1CC1(C)C. The molecule has 1 atom stereocenters. The summed E-state index contributed by atoms with van der Waals surface area (Å²) in [5.41, 5.74) is 0.281. The van der Waals surface area contributed by atoms with Crippen LogP contribution < -0.4 is 0 Å². The Balaban J connectivity index is 2.21. The van der Waals surface area contributed by atoms with Crippen LogP contribution in [-0.4, -0.2) is 31.6 Å². The van der Waals surface area contributed by atoms with E-state index in [-0.39, 0.29) is 11.2 Å². The lowest BCUT2D eigenvalue weighted by molar-refractivity contribution is -0.133. The van der Waals surface area contributed by atoms with Crippen molar-refractivity contribution in [2.75, 3.05) is 5.75 Å². The van der Waals surface area contributed by atoms with Crippen molar-refractivity contribution in [2.45, 2.75) is 51.2 Å². The van der Waals surface area contributed by atoms with E-state index in [1.165, 1.54) is 11.8 Å². The summed E-state index contributed by atoms with van der Waals surface area (Å²) in [7, 11) is 0. The van der Waals surface area contributed by atoms with Gasteiger partial charge in [-0.2, -0.15) is 0 Å². The number of carbonyl (C=O) groups is 1. The van der Waals surface area contributed by atoms with Crippen molar-refractivity contribution in [2.24, 2.45) is 5.41 Å². The lowest BCUT2D eigenvalue weighted by Gasteiger charge is -2.11. The molecule has 1 fully saturated rings. The molecule has 1 saturated carbocycles. The molecule has 1 aromatic rings. The summed E-state index contributed by atoms with van der Waals surface area (Å²) in [4.78, 5) is 10.7. The Morgan fingerprint density at radius 2 is 2.22 bits per heavy atom. The standard InChI is InChI=1S/C12H19N3O2S/c1-4-5-9-13-14-11(18-7-10(16)17)15(9)8-6-12(8,2)3/h8H,4-7H2,1-3H3,(H,16,17). The summed E-state index contributed by atoms with van der Waals surface area (Å²) in [5.74, 6) is 0.208. The molecule has 1 N–H and O–H groups in total. The van der Waals surface area contributed by atoms with Gasteiger partial charge in [-0.3, -0.25) is 4.79 Å². The van der Waals surface area contributed by atoms with E-state index in [1.54, 1.807) is 0 Å². The summed E-state index contributed by atoms with van der Waals surface area (Å²) in [6, 6.07) is 0.422. The van der Waals surface area contributed by atoms with Gasteiger partial charge in [0.25, 0.3) is 0 Å². The van der Waals surface area contributed by atoms with Gasteiger partial charge in [0.15, 0.2) is 5.16 Å². The molecule has 100 valence electrons. The minimum Gasteiger partial charge on any atom is -0.481 e. The molecule has 2 rings (SSSR count). The third-order valence-electron chi connectivity index (χ3n) is 3.31. The maximum absolute atomic E-state index is 10.7. The van der Waals surface area contributed by atoms with Crippen LogP contribution in [0, 0.1) is 5.41 Å². The third-order valence-corrected chi connectivity index (χ3v) is 4.23. The van der Waals surface area contributed by atoms with Gasteiger partial charge in [-0.05, 0) is 18.3 Å². The van der Waals surface area contributed by atoms with Crippen LogP contribution >= 0.6 is 11.8 Å². The third kappa shape index (κ3) is 2.68. The van der Waals surface area contributed by atoms with Crippen molar-refractivity contribution >= 4 is 17.7 Å². The zero-order chi connectivity index (χ0) is 13.3. The fraction of sp³-hybridized carbons (Fsp3) is 0.750. The summed E-state index contributed by atoms with van der Waals surface area (Å²) >= 11 is 1.26. The zero-order valence-electron chi connectivity index (χ0n) is 11.0. The Morgan fingerprint density at radius 1 is 1.56 bits per heavy atom. The minimum absolute atomic E-state index is 0.0391. The van der Waals surface area contributed by atoms with Gasteiger partial charge < -0.3 is 9.67 Å². The van der Waals surface area contributed by atoms with Gasteiger partial charge in [-0.1, -0.05) is 32.5 Å². The van der Waals surface area contributed by atoms with E-state index in [9.17, 15) is 4.79 Å². The Morgan fingerprint density at radius 3 is 2.72 bits per heavy atom. The number of carboxylic acid groups (broad SMARTS) is 1. The Labute approximate surface area is 111 Å². The first-order valence-electron chi connectivity index (χ1n) is 6.24. The van der Waals surface area contributed by atoms with Crippen LogP contribution in [0.1, 0.15) is 45.5 Å². The van der Waals surface area contributed by atoms with Crippen LogP contribution in [0.2, 0.25) is 0 Å². The predicted octanol–water partition coefficient (Wildman–Crippen LogP) is 2.38. The van der Waals surface area contributed by atoms with Crippen LogP contribution in [-0.2, 0) is 11.2 Å². The average molecular weight is 269 g/mol. The Hall–Kier alpha value is -1.04. The summed E-state index contributed by atoms with van der Waals surface area (Å²) < 4.78 is 2.15. The van der Waals surface area contributed by atoms with Crippen molar-refractivity contribution in [3.63, 3.8) is 0 Å². The summed E-state index contributed by atoms with van der Waals surface area (Å²) in [6.07, 6.45) is 3.03. The lowest BCUT2D eigenvalue weighted by atomic mass is 10.2. The number of aromatic nitrogens is 3. The molecular weight excluding hydrogens is 250 g/mol. The van der Waals surface area contributed by atoms with E-state index in [0.29, 0.717) is 6.04 Å². The first kappa shape index (κ1) is 13.4. The highest BCUT2D eigenvalue weighted by Crippen LogP contribution is 2.56. The average Bonchev–Trinajstić information content (AvgIpc) is 2.72. The van der Waals surface area contributed by atoms with Gasteiger partial charge in [0, 0.05) is 12.5 Å². The molecule has 0 aromatic carbocycles. The number of aliphatic carboxylic acids is 1. The van der Waals surface area contributed by atoms with Crippen LogP contribution in [0.25, 0.3) is 0 Å². The molecule has 1 aromatic heterocycles. The van der Waals surface area contributed by atoms with Gasteiger partial charge in [-0.25, -0.2) is 0 Å². The first-order valence-corrected chi connectivity index (χ1v) is 7.22. The zero-order valence-corrected chi connectivity index (χ0v) is 11.8. The second-order valence-corrected chi connectivity index (χ2v) is 6.35. The number of aryl methyl sites for hydroxylation is 1. The minimum atomic E-state index is -0.818. The Kier molecular flexibility index (Phi) is 3.66. The number of thioether (sulfide) groups is 1. The highest BCUT2D eigenvalue weighted by molar-refractivity contribution is 7.99. The molecule has 1 heterocycles. The number of hydrogen-bond donors (Lipinski definition) is 1. The fourth-order valence-corrected chi connectivity index (χ4v) is 2.84. The van der Waals surface area contributed by atoms with Gasteiger partial charge >= 0.3 is 5.97 Å². The molecule has 0 spiro atoms. The highest BCUT2D eigenvalue weighted by Gasteiger charge is 2.49. The normalized spacial score (nSPS) is 20.9. The van der Waals surface area contributed by atoms with E-state index in [0.717, 1.165) is 30.2 Å². The molecule has 0 saturated heterocycles. The van der Waals surface area contributed by atoms with Crippen molar-refractivity contribution in [1.29, 1.82) is 0 Å². The molecule has 1 unspecified atom stereocenters. The number of rotatable bonds is 6. The van der Waals surface area contributed by atoms with Crippen LogP contribution in [0.3, 0.4) is 0 Å². The van der Waals surface area contributed by atoms with Crippen LogP contribution in [0.5, 0.6) is 0 Å². The Bertz CT molecular complexity index is 456. The molecule has 0 amide bonds. The molecule has 0 aliphatic heterocycles. The molecule has 5 nitrogen and oxygen atoms in total. The predicted molar refractivity (Wildman–Crippen MR) is 69.8 cm³/mol. The molecule has 0 bridgehead atoms. The topological polar surface area (TPSA) is 68.0 Å². The fourth-order valence-electron chi connectivity index (χ4n) is 2.12. The molecule has 0 radical (unpaired) electrons. The molecule has 6 heteroatoms. The van der Waals surface area contributed by atoms with E-state index in [1.807, 2.05) is 0 Å². The van der Waals surface area contributed by atoms with Crippen molar-refractivity contribution in [3.05, 3.63) is 5.82 Å².